The first-order valence-corrected chi connectivity index (χ1v) is 10.8. The van der Waals surface area contributed by atoms with Crippen LogP contribution in [-0.4, -0.2) is 23.5 Å². The number of aryl methyl sites for hydroxylation is 1. The molecule has 2 amide bonds. The van der Waals surface area contributed by atoms with E-state index in [1.807, 2.05) is 61.5 Å². The summed E-state index contributed by atoms with van der Waals surface area (Å²) in [5.41, 5.74) is 4.39. The van der Waals surface area contributed by atoms with Crippen LogP contribution in [0.4, 0.5) is 5.69 Å². The number of imide groups is 1. The molecule has 1 aliphatic heterocycles. The lowest BCUT2D eigenvalue weighted by atomic mass is 9.47. The highest BCUT2D eigenvalue weighted by atomic mass is 35.5. The van der Waals surface area contributed by atoms with Gasteiger partial charge in [0.15, 0.2) is 0 Å². The molecule has 4 nitrogen and oxygen atoms in total. The summed E-state index contributed by atoms with van der Waals surface area (Å²) in [7, 11) is 0. The molecule has 0 unspecified atom stereocenters. The first kappa shape index (κ1) is 18.8. The highest BCUT2D eigenvalue weighted by molar-refractivity contribution is 6.32. The zero-order valence-electron chi connectivity index (χ0n) is 16.9. The van der Waals surface area contributed by atoms with Gasteiger partial charge in [0.05, 0.1) is 29.5 Å². The summed E-state index contributed by atoms with van der Waals surface area (Å²) in [5, 5.41) is 11.4. The van der Waals surface area contributed by atoms with E-state index in [2.05, 4.69) is 0 Å². The molecule has 0 aromatic heterocycles. The number of nitrogens with zero attached hydrogens (tertiary/aromatic N) is 1. The van der Waals surface area contributed by atoms with Gasteiger partial charge in [-0.2, -0.15) is 0 Å². The lowest BCUT2D eigenvalue weighted by molar-refractivity contribution is -0.124. The summed E-state index contributed by atoms with van der Waals surface area (Å²) in [4.78, 5) is 29.0. The fraction of sp³-hybridized carbons (Fsp3) is 0.231. The van der Waals surface area contributed by atoms with Gasteiger partial charge in [-0.25, -0.2) is 4.90 Å². The zero-order chi connectivity index (χ0) is 21.5. The summed E-state index contributed by atoms with van der Waals surface area (Å²) in [6.07, 6.45) is 0. The van der Waals surface area contributed by atoms with Crippen LogP contribution in [0.15, 0.2) is 66.7 Å². The summed E-state index contributed by atoms with van der Waals surface area (Å²) >= 11 is 6.32. The minimum atomic E-state index is -0.942. The summed E-state index contributed by atoms with van der Waals surface area (Å²) in [6.45, 7) is 1.64. The van der Waals surface area contributed by atoms with E-state index in [0.717, 1.165) is 27.8 Å². The number of aliphatic hydroxyl groups excluding tert-OH is 1. The Morgan fingerprint density at radius 1 is 0.935 bits per heavy atom. The average molecular weight is 430 g/mol. The first-order valence-electron chi connectivity index (χ1n) is 10.4. The van der Waals surface area contributed by atoms with E-state index in [0.29, 0.717) is 10.7 Å². The molecule has 2 bridgehead atoms. The van der Waals surface area contributed by atoms with Crippen LogP contribution in [0.2, 0.25) is 5.02 Å². The molecule has 1 fully saturated rings. The minimum absolute atomic E-state index is 0.215. The van der Waals surface area contributed by atoms with Crippen molar-refractivity contribution in [1.82, 2.24) is 0 Å². The fourth-order valence-corrected chi connectivity index (χ4v) is 6.35. The molecule has 0 spiro atoms. The smallest absolute Gasteiger partial charge is 0.239 e. The van der Waals surface area contributed by atoms with Gasteiger partial charge in [0.2, 0.25) is 11.8 Å². The van der Waals surface area contributed by atoms with Crippen LogP contribution in [0.5, 0.6) is 0 Å². The van der Waals surface area contributed by atoms with E-state index < -0.39 is 17.3 Å². The van der Waals surface area contributed by atoms with Crippen LogP contribution in [0.25, 0.3) is 0 Å². The highest BCUT2D eigenvalue weighted by Crippen LogP contribution is 2.64. The van der Waals surface area contributed by atoms with Crippen molar-refractivity contribution in [2.45, 2.75) is 18.3 Å². The van der Waals surface area contributed by atoms with Crippen LogP contribution >= 0.6 is 11.6 Å². The van der Waals surface area contributed by atoms with E-state index in [1.165, 1.54) is 4.90 Å². The number of hydrogen-bond donors (Lipinski definition) is 1. The number of hydrogen-bond acceptors (Lipinski definition) is 3. The Morgan fingerprint density at radius 3 is 2.13 bits per heavy atom. The second-order valence-electron chi connectivity index (χ2n) is 8.73. The Kier molecular flexibility index (Phi) is 3.81. The molecule has 4 aliphatic rings. The summed E-state index contributed by atoms with van der Waals surface area (Å²) in [6, 6.07) is 21.1. The molecule has 3 aromatic rings. The maximum Gasteiger partial charge on any atom is 0.239 e. The number of carbonyl (C=O) groups is 2. The van der Waals surface area contributed by atoms with Gasteiger partial charge in [0.25, 0.3) is 0 Å². The van der Waals surface area contributed by atoms with Crippen molar-refractivity contribution in [3.05, 3.63) is 99.6 Å². The van der Waals surface area contributed by atoms with Gasteiger partial charge in [-0.05, 0) is 46.9 Å². The molecule has 0 radical (unpaired) electrons. The van der Waals surface area contributed by atoms with Gasteiger partial charge in [0.1, 0.15) is 0 Å². The van der Waals surface area contributed by atoms with E-state index in [-0.39, 0.29) is 24.3 Å². The minimum Gasteiger partial charge on any atom is -0.395 e. The van der Waals surface area contributed by atoms with Gasteiger partial charge in [0, 0.05) is 10.9 Å². The lowest BCUT2D eigenvalue weighted by Gasteiger charge is -2.53. The average Bonchev–Trinajstić information content (AvgIpc) is 3.07. The Morgan fingerprint density at radius 2 is 1.55 bits per heavy atom. The van der Waals surface area contributed by atoms with Crippen molar-refractivity contribution in [3.63, 3.8) is 0 Å². The predicted octanol–water partition coefficient (Wildman–Crippen LogP) is 4.19. The van der Waals surface area contributed by atoms with E-state index in [4.69, 9.17) is 11.6 Å². The number of carbonyl (C=O) groups excluding carboxylic acids is 2. The largest absolute Gasteiger partial charge is 0.395 e. The predicted molar refractivity (Wildman–Crippen MR) is 118 cm³/mol. The molecule has 1 N–H and O–H groups in total. The summed E-state index contributed by atoms with van der Waals surface area (Å²) < 4.78 is 0. The molecule has 7 rings (SSSR count). The van der Waals surface area contributed by atoms with Gasteiger partial charge >= 0.3 is 0 Å². The van der Waals surface area contributed by atoms with Gasteiger partial charge < -0.3 is 5.11 Å². The molecule has 3 aromatic carbocycles. The lowest BCUT2D eigenvalue weighted by Crippen LogP contribution is -2.55. The van der Waals surface area contributed by atoms with Crippen LogP contribution in [0.1, 0.15) is 33.7 Å². The molecule has 1 heterocycles. The van der Waals surface area contributed by atoms with Gasteiger partial charge in [-0.3, -0.25) is 9.59 Å². The normalized spacial score (nSPS) is 27.8. The number of aliphatic hydroxyl groups is 1. The molecule has 2 atom stereocenters. The second-order valence-corrected chi connectivity index (χ2v) is 9.14. The van der Waals surface area contributed by atoms with Crippen LogP contribution in [-0.2, 0) is 15.0 Å². The maximum absolute atomic E-state index is 13.9. The standard InChI is InChI=1S/C26H20ClNO3/c1-14-10-11-15(12-20(14)27)28-24(30)22-21-16-6-2-4-8-18(16)26(13-29,23(22)25(28)31)19-9-5-3-7-17(19)21/h2-12,21-23,29H,13H2,1H3/t21?,22-,23+,26?/m1/s1. The van der Waals surface area contributed by atoms with Crippen molar-refractivity contribution in [1.29, 1.82) is 0 Å². The number of benzene rings is 3. The molecule has 5 heteroatoms. The second kappa shape index (κ2) is 6.28. The number of anilines is 1. The third-order valence-electron chi connectivity index (χ3n) is 7.46. The molecule has 3 aliphatic carbocycles. The Bertz CT molecular complexity index is 1240. The van der Waals surface area contributed by atoms with E-state index in [1.54, 1.807) is 12.1 Å². The highest BCUT2D eigenvalue weighted by Gasteiger charge is 2.68. The molecule has 31 heavy (non-hydrogen) atoms. The Hall–Kier alpha value is -2.95. The number of halogens is 1. The van der Waals surface area contributed by atoms with Crippen LogP contribution in [0.3, 0.4) is 0 Å². The monoisotopic (exact) mass is 429 g/mol. The van der Waals surface area contributed by atoms with Crippen molar-refractivity contribution in [2.75, 3.05) is 11.5 Å². The molecule has 0 saturated carbocycles. The van der Waals surface area contributed by atoms with E-state index in [9.17, 15) is 14.7 Å². The molecular weight excluding hydrogens is 410 g/mol. The van der Waals surface area contributed by atoms with Crippen LogP contribution in [0, 0.1) is 18.8 Å². The maximum atomic E-state index is 13.9. The zero-order valence-corrected chi connectivity index (χ0v) is 17.6. The number of rotatable bonds is 2. The molecule has 154 valence electrons. The Labute approximate surface area is 185 Å². The molecule has 1 saturated heterocycles. The fourth-order valence-electron chi connectivity index (χ4n) is 6.17. The third kappa shape index (κ3) is 2.14. The van der Waals surface area contributed by atoms with Crippen molar-refractivity contribution in [3.8, 4) is 0 Å². The van der Waals surface area contributed by atoms with Gasteiger partial charge in [-0.1, -0.05) is 66.2 Å². The summed E-state index contributed by atoms with van der Waals surface area (Å²) in [5.74, 6) is -1.91. The quantitative estimate of drug-likeness (QED) is 0.621. The SMILES string of the molecule is Cc1ccc(N2C(=O)[C@@H]3C4c5ccccc5C(CO)(c5ccccc54)[C@@H]3C2=O)cc1Cl. The van der Waals surface area contributed by atoms with Crippen LogP contribution < -0.4 is 4.90 Å². The number of amides is 2. The van der Waals surface area contributed by atoms with Crippen molar-refractivity contribution >= 4 is 29.1 Å². The van der Waals surface area contributed by atoms with E-state index >= 15 is 0 Å². The first-order chi connectivity index (χ1) is 15.0. The van der Waals surface area contributed by atoms with Crippen molar-refractivity contribution in [2.24, 2.45) is 11.8 Å². The third-order valence-corrected chi connectivity index (χ3v) is 7.86. The molecular formula is C26H20ClNO3. The van der Waals surface area contributed by atoms with Crippen molar-refractivity contribution < 1.29 is 14.7 Å². The van der Waals surface area contributed by atoms with Gasteiger partial charge in [-0.15, -0.1) is 0 Å². The Balaban J connectivity index is 1.62. The topological polar surface area (TPSA) is 57.6 Å².